The number of nitrogens with two attached hydrogens (primary N) is 1. The summed E-state index contributed by atoms with van der Waals surface area (Å²) < 4.78 is 0. The summed E-state index contributed by atoms with van der Waals surface area (Å²) in [5.74, 6) is -1.70. The molecular weight excluding hydrogens is 919 g/mol. The minimum atomic E-state index is -0.980. The normalized spacial score (nSPS) is 10.3. The summed E-state index contributed by atoms with van der Waals surface area (Å²) in [4.78, 5) is 65.8. The quantitative estimate of drug-likeness (QED) is 0.0298. The Labute approximate surface area is 436 Å². The smallest absolute Gasteiger partial charge is 0.326 e. The summed E-state index contributed by atoms with van der Waals surface area (Å²) in [5.41, 5.74) is 9.00. The first-order chi connectivity index (χ1) is 34.1. The van der Waals surface area contributed by atoms with Crippen LogP contribution in [0, 0.1) is 19.8 Å². The summed E-state index contributed by atoms with van der Waals surface area (Å²) in [6.45, 7) is 32.8. The number of nitrogens with one attached hydrogen (secondary N) is 3. The first-order valence-electron chi connectivity index (χ1n) is 26.1. The van der Waals surface area contributed by atoms with E-state index in [1.807, 2.05) is 82.0 Å². The molecule has 0 radical (unpaired) electrons. The Morgan fingerprint density at radius 2 is 1.24 bits per heavy atom. The van der Waals surface area contributed by atoms with E-state index < -0.39 is 30.0 Å². The average Bonchev–Trinajstić information content (AvgIpc) is 3.34. The number of hydrogen-bond donors (Lipinski definition) is 9. The van der Waals surface area contributed by atoms with Crippen LogP contribution in [0.25, 0.3) is 0 Å². The molecule has 0 heterocycles. The van der Waals surface area contributed by atoms with E-state index in [9.17, 15) is 29.1 Å². The number of unbranched alkanes of at least 4 members (excludes halogenated alkanes) is 4. The van der Waals surface area contributed by atoms with Gasteiger partial charge >= 0.3 is 17.9 Å². The van der Waals surface area contributed by atoms with Gasteiger partial charge in [0.15, 0.2) is 0 Å². The predicted molar refractivity (Wildman–Crippen MR) is 296 cm³/mol. The molecule has 16 nitrogen and oxygen atoms in total. The van der Waals surface area contributed by atoms with Crippen LogP contribution in [0.4, 0.5) is 0 Å². The largest absolute Gasteiger partial charge is 0.508 e. The number of amides is 2. The SMILES string of the molecule is C=C(NC(CCCCN)C(=O)O)C(Cc1ccccc1)NC(=O)CNC(=O)CCCC.CC.CCC(=O)O.CCCC.CCCCC(C)C.CCCN(CCC)CC(=O)O.Cc1ccc(O)c(C)c1.O=CO. The molecule has 2 atom stereocenters. The monoisotopic (exact) mass is 1020 g/mol. The van der Waals surface area contributed by atoms with Crippen molar-refractivity contribution >= 4 is 36.2 Å². The molecule has 2 aromatic rings. The van der Waals surface area contributed by atoms with Crippen molar-refractivity contribution in [3.63, 3.8) is 0 Å². The summed E-state index contributed by atoms with van der Waals surface area (Å²) in [7, 11) is 0. The highest BCUT2D eigenvalue weighted by molar-refractivity contribution is 5.85. The second-order valence-corrected chi connectivity index (χ2v) is 16.9. The number of carbonyl (C=O) groups is 6. The Balaban J connectivity index is -0.000000215. The maximum Gasteiger partial charge on any atom is 0.326 e. The lowest BCUT2D eigenvalue weighted by molar-refractivity contribution is -0.140. The molecule has 10 N–H and O–H groups in total. The van der Waals surface area contributed by atoms with Gasteiger partial charge in [0.1, 0.15) is 11.8 Å². The zero-order chi connectivity index (χ0) is 56.7. The maximum absolute atomic E-state index is 12.4. The second kappa shape index (κ2) is 58.1. The van der Waals surface area contributed by atoms with Gasteiger partial charge in [-0.1, -0.05) is 169 Å². The summed E-state index contributed by atoms with van der Waals surface area (Å²) in [6.07, 6.45) is 13.4. The van der Waals surface area contributed by atoms with Crippen molar-refractivity contribution in [2.75, 3.05) is 32.7 Å². The summed E-state index contributed by atoms with van der Waals surface area (Å²) in [5, 5.41) is 50.1. The van der Waals surface area contributed by atoms with Crippen LogP contribution in [0.1, 0.15) is 183 Å². The lowest BCUT2D eigenvalue weighted by Crippen LogP contribution is -2.48. The molecule has 2 amide bonds. The minimum absolute atomic E-state index is 0.139. The van der Waals surface area contributed by atoms with Crippen LogP contribution in [0.15, 0.2) is 60.8 Å². The van der Waals surface area contributed by atoms with E-state index in [1.165, 1.54) is 37.7 Å². The van der Waals surface area contributed by atoms with Crippen LogP contribution in [0.5, 0.6) is 5.75 Å². The zero-order valence-corrected chi connectivity index (χ0v) is 47.0. The zero-order valence-electron chi connectivity index (χ0n) is 47.0. The van der Waals surface area contributed by atoms with Gasteiger partial charge in [-0.2, -0.15) is 0 Å². The fourth-order valence-corrected chi connectivity index (χ4v) is 5.55. The highest BCUT2D eigenvalue weighted by Gasteiger charge is 2.23. The van der Waals surface area contributed by atoms with Gasteiger partial charge in [-0.3, -0.25) is 28.9 Å². The number of phenolic OH excluding ortho intramolecular Hbond substituents is 1. The molecule has 72 heavy (non-hydrogen) atoms. The van der Waals surface area contributed by atoms with Gasteiger partial charge in [-0.05, 0) is 102 Å². The molecule has 0 aliphatic rings. The van der Waals surface area contributed by atoms with Crippen molar-refractivity contribution in [2.24, 2.45) is 11.7 Å². The molecule has 2 aromatic carbocycles. The van der Waals surface area contributed by atoms with Gasteiger partial charge in [0, 0.05) is 18.5 Å². The molecule has 0 aliphatic carbocycles. The van der Waals surface area contributed by atoms with Crippen LogP contribution in [0.2, 0.25) is 0 Å². The van der Waals surface area contributed by atoms with Crippen LogP contribution in [-0.2, 0) is 35.2 Å². The fourth-order valence-electron chi connectivity index (χ4n) is 5.55. The third-order valence-electron chi connectivity index (χ3n) is 9.57. The van der Waals surface area contributed by atoms with Crippen molar-refractivity contribution in [3.05, 3.63) is 77.5 Å². The minimum Gasteiger partial charge on any atom is -0.508 e. The Hall–Kier alpha value is -5.48. The number of benzene rings is 2. The molecule has 0 fully saturated rings. The molecule has 0 spiro atoms. The van der Waals surface area contributed by atoms with Crippen molar-refractivity contribution in [1.29, 1.82) is 0 Å². The van der Waals surface area contributed by atoms with E-state index >= 15 is 0 Å². The summed E-state index contributed by atoms with van der Waals surface area (Å²) in [6, 6.07) is 13.7. The van der Waals surface area contributed by atoms with Gasteiger partial charge in [0.25, 0.3) is 6.47 Å². The topological polar surface area (TPSA) is 269 Å². The molecule has 2 rings (SSSR count). The van der Waals surface area contributed by atoms with Gasteiger partial charge in [0.05, 0.1) is 19.1 Å². The third-order valence-corrected chi connectivity index (χ3v) is 9.57. The van der Waals surface area contributed by atoms with Crippen LogP contribution >= 0.6 is 0 Å². The average molecular weight is 1020 g/mol. The molecule has 0 aliphatic heterocycles. The van der Waals surface area contributed by atoms with E-state index in [0.717, 1.165) is 62.2 Å². The van der Waals surface area contributed by atoms with E-state index in [0.29, 0.717) is 43.7 Å². The lowest BCUT2D eigenvalue weighted by atomic mass is 10.0. The van der Waals surface area contributed by atoms with E-state index in [4.69, 9.17) is 31.0 Å². The molecule has 2 unspecified atom stereocenters. The second-order valence-electron chi connectivity index (χ2n) is 16.9. The number of aliphatic carboxylic acids is 3. The fraction of sp³-hybridized carbons (Fsp3) is 0.643. The number of hydrogen-bond acceptors (Lipinski definition) is 10. The van der Waals surface area contributed by atoms with Crippen LogP contribution in [-0.4, -0.2) is 111 Å². The standard InChI is InChI=1S/C23H36N4O4.C8H17NO2.C8H10O.C7H16.C4H10.C3H6O2.C2H6.CH2O2/c1-3-4-13-21(28)25-16-22(29)27-20(15-18-10-6-5-7-11-18)17(2)26-19(23(30)31)12-8-9-14-24;1-3-5-9(6-4-2)7-8(10)11;1-6-3-4-8(9)7(2)5-6;1-4-5-6-7(2)3;1-3-4-2;1-2-3(4)5;1-2;2-1-3/h5-7,10-11,19-20,26H,2-4,8-9,12-16,24H2,1H3,(H,25,28)(H,27,29)(H,30,31);3-7H2,1-2H3,(H,10,11);3-5,9H,1-2H3;7H,4-6H2,1-3H3;3-4H2,1-2H3;2H2,1H3,(H,4,5);1-2H3;1H,(H,2,3). The number of carboxylic acids is 3. The lowest BCUT2D eigenvalue weighted by Gasteiger charge is -2.25. The first kappa shape index (κ1) is 78.0. The number of nitrogens with zero attached hydrogens (tertiary/aromatic N) is 1. The van der Waals surface area contributed by atoms with E-state index in [1.54, 1.807) is 13.0 Å². The number of carboxylic acid groups (broad SMARTS) is 4. The van der Waals surface area contributed by atoms with Gasteiger partial charge in [0.2, 0.25) is 11.8 Å². The van der Waals surface area contributed by atoms with Crippen LogP contribution in [0.3, 0.4) is 0 Å². The highest BCUT2D eigenvalue weighted by atomic mass is 16.4. The van der Waals surface area contributed by atoms with Gasteiger partial charge < -0.3 is 47.2 Å². The Bertz CT molecular complexity index is 1600. The predicted octanol–water partition coefficient (Wildman–Crippen LogP) is 10.8. The van der Waals surface area contributed by atoms with Crippen molar-refractivity contribution in [3.8, 4) is 5.75 Å². The Morgan fingerprint density at radius 3 is 1.61 bits per heavy atom. The van der Waals surface area contributed by atoms with E-state index in [-0.39, 0.29) is 37.8 Å². The number of aryl methyl sites for hydroxylation is 2. The Morgan fingerprint density at radius 1 is 0.708 bits per heavy atom. The Kier molecular flexibility index (Phi) is 62.9. The first-order valence-corrected chi connectivity index (χ1v) is 26.1. The van der Waals surface area contributed by atoms with E-state index in [2.05, 4.69) is 71.0 Å². The number of aromatic hydroxyl groups is 1. The molecule has 0 aromatic heterocycles. The number of phenols is 1. The molecular formula is C56H103N5O11. The maximum atomic E-state index is 12.4. The van der Waals surface area contributed by atoms with Gasteiger partial charge in [-0.15, -0.1) is 0 Å². The molecule has 0 saturated heterocycles. The van der Waals surface area contributed by atoms with Crippen molar-refractivity contribution < 1.29 is 54.3 Å². The molecule has 0 saturated carbocycles. The highest BCUT2D eigenvalue weighted by Crippen LogP contribution is 2.16. The van der Waals surface area contributed by atoms with Crippen molar-refractivity contribution in [2.45, 2.75) is 198 Å². The number of carbonyl (C=O) groups excluding carboxylic acids is 2. The van der Waals surface area contributed by atoms with Crippen LogP contribution < -0.4 is 21.7 Å². The summed E-state index contributed by atoms with van der Waals surface area (Å²) >= 11 is 0. The third kappa shape index (κ3) is 58.8. The molecule has 0 bridgehead atoms. The molecule has 16 heteroatoms. The van der Waals surface area contributed by atoms with Crippen molar-refractivity contribution in [1.82, 2.24) is 20.9 Å². The number of rotatable bonds is 27. The molecule has 418 valence electrons. The van der Waals surface area contributed by atoms with Gasteiger partial charge in [-0.25, -0.2) is 4.79 Å².